The lowest BCUT2D eigenvalue weighted by Crippen LogP contribution is -1.97. The summed E-state index contributed by atoms with van der Waals surface area (Å²) in [5.74, 6) is 0.208. The van der Waals surface area contributed by atoms with Gasteiger partial charge in [0.05, 0.1) is 11.6 Å². The van der Waals surface area contributed by atoms with Crippen LogP contribution in [0.15, 0.2) is 72.8 Å². The summed E-state index contributed by atoms with van der Waals surface area (Å²) >= 11 is 5.75. The van der Waals surface area contributed by atoms with Gasteiger partial charge in [0.15, 0.2) is 0 Å². The summed E-state index contributed by atoms with van der Waals surface area (Å²) in [7, 11) is 0. The molecule has 1 nitrogen and oxygen atoms in total. The van der Waals surface area contributed by atoms with Crippen LogP contribution in [0.2, 0.25) is 5.02 Å². The zero-order valence-electron chi connectivity index (χ0n) is 19.4. The molecular formula is C30H29ClF2O. The summed E-state index contributed by atoms with van der Waals surface area (Å²) in [4.78, 5) is 0. The number of ether oxygens (including phenoxy) is 1. The molecule has 4 heteroatoms. The third-order valence-electron chi connectivity index (χ3n) is 6.16. The summed E-state index contributed by atoms with van der Waals surface area (Å²) in [6.45, 7) is 2.94. The number of hydrogen-bond acceptors (Lipinski definition) is 1. The van der Waals surface area contributed by atoms with Gasteiger partial charge in [0, 0.05) is 5.39 Å². The third kappa shape index (κ3) is 5.95. The molecule has 0 atom stereocenters. The summed E-state index contributed by atoms with van der Waals surface area (Å²) in [5, 5.41) is 1.55. The van der Waals surface area contributed by atoms with E-state index in [9.17, 15) is 4.39 Å². The lowest BCUT2D eigenvalue weighted by molar-refractivity contribution is 0.305. The van der Waals surface area contributed by atoms with Crippen molar-refractivity contribution in [2.45, 2.75) is 45.4 Å². The predicted octanol–water partition coefficient (Wildman–Crippen LogP) is 9.18. The van der Waals surface area contributed by atoms with E-state index in [4.69, 9.17) is 16.3 Å². The zero-order valence-corrected chi connectivity index (χ0v) is 20.2. The normalized spacial score (nSPS) is 11.2. The first-order valence-corrected chi connectivity index (χ1v) is 12.3. The first-order chi connectivity index (χ1) is 16.5. The van der Waals surface area contributed by atoms with Gasteiger partial charge in [-0.15, -0.1) is 0 Å². The third-order valence-corrected chi connectivity index (χ3v) is 6.46. The van der Waals surface area contributed by atoms with Gasteiger partial charge in [-0.2, -0.15) is 0 Å². The number of halogens is 3. The monoisotopic (exact) mass is 478 g/mol. The van der Waals surface area contributed by atoms with Gasteiger partial charge in [0.2, 0.25) is 0 Å². The van der Waals surface area contributed by atoms with Crippen LogP contribution in [0.1, 0.15) is 43.7 Å². The molecule has 0 radical (unpaired) electrons. The molecule has 0 aliphatic carbocycles. The Balaban J connectivity index is 1.44. The highest BCUT2D eigenvalue weighted by Crippen LogP contribution is 2.29. The van der Waals surface area contributed by atoms with E-state index in [-0.39, 0.29) is 10.8 Å². The molecular weight excluding hydrogens is 450 g/mol. The molecule has 0 bridgehead atoms. The molecule has 0 saturated heterocycles. The van der Waals surface area contributed by atoms with E-state index >= 15 is 4.39 Å². The first-order valence-electron chi connectivity index (χ1n) is 11.9. The summed E-state index contributed by atoms with van der Waals surface area (Å²) in [6.07, 6.45) is 5.77. The maximum atomic E-state index is 15.2. The van der Waals surface area contributed by atoms with Crippen LogP contribution in [0, 0.1) is 11.6 Å². The molecule has 0 spiro atoms. The van der Waals surface area contributed by atoms with Gasteiger partial charge in [0.1, 0.15) is 17.4 Å². The zero-order chi connectivity index (χ0) is 23.9. The minimum Gasteiger partial charge on any atom is -0.494 e. The largest absolute Gasteiger partial charge is 0.494 e. The smallest absolute Gasteiger partial charge is 0.142 e. The average molecular weight is 479 g/mol. The lowest BCUT2D eigenvalue weighted by atomic mass is 9.97. The fraction of sp³-hybridized carbons (Fsp3) is 0.267. The van der Waals surface area contributed by atoms with Gasteiger partial charge < -0.3 is 4.74 Å². The van der Waals surface area contributed by atoms with Gasteiger partial charge in [-0.3, -0.25) is 0 Å². The molecule has 34 heavy (non-hydrogen) atoms. The van der Waals surface area contributed by atoms with Crippen molar-refractivity contribution < 1.29 is 13.5 Å². The Kier molecular flexibility index (Phi) is 8.18. The Bertz CT molecular complexity index is 1250. The van der Waals surface area contributed by atoms with Crippen molar-refractivity contribution in [1.29, 1.82) is 0 Å². The van der Waals surface area contributed by atoms with E-state index < -0.39 is 5.82 Å². The number of rotatable bonds is 10. The highest BCUT2D eigenvalue weighted by molar-refractivity contribution is 6.30. The molecule has 0 heterocycles. The number of fused-ring (bicyclic) bond motifs is 1. The molecule has 0 aliphatic rings. The van der Waals surface area contributed by atoms with Crippen LogP contribution in [0.5, 0.6) is 5.75 Å². The maximum absolute atomic E-state index is 15.2. The molecule has 0 saturated carbocycles. The van der Waals surface area contributed by atoms with Gasteiger partial charge in [0.25, 0.3) is 0 Å². The molecule has 0 amide bonds. The van der Waals surface area contributed by atoms with Crippen molar-refractivity contribution in [3.05, 3.63) is 101 Å². The van der Waals surface area contributed by atoms with Gasteiger partial charge in [-0.1, -0.05) is 80.3 Å². The van der Waals surface area contributed by atoms with Crippen LogP contribution >= 0.6 is 11.6 Å². The minimum atomic E-state index is -0.447. The van der Waals surface area contributed by atoms with Gasteiger partial charge in [-0.25, -0.2) is 8.78 Å². The van der Waals surface area contributed by atoms with Crippen LogP contribution in [-0.2, 0) is 12.8 Å². The van der Waals surface area contributed by atoms with E-state index in [0.29, 0.717) is 23.8 Å². The molecule has 0 aromatic heterocycles. The van der Waals surface area contributed by atoms with Crippen molar-refractivity contribution >= 4 is 22.4 Å². The Morgan fingerprint density at radius 3 is 2.32 bits per heavy atom. The summed E-state index contributed by atoms with van der Waals surface area (Å²) in [6, 6.07) is 22.4. The quantitative estimate of drug-likeness (QED) is 0.206. The number of benzene rings is 4. The van der Waals surface area contributed by atoms with E-state index in [0.717, 1.165) is 40.9 Å². The van der Waals surface area contributed by atoms with Gasteiger partial charge >= 0.3 is 0 Å². The fourth-order valence-electron chi connectivity index (χ4n) is 4.15. The fourth-order valence-corrected chi connectivity index (χ4v) is 4.26. The Morgan fingerprint density at radius 1 is 0.765 bits per heavy atom. The Labute approximate surface area is 205 Å². The second-order valence-electron chi connectivity index (χ2n) is 8.66. The second kappa shape index (κ2) is 11.5. The minimum absolute atomic E-state index is 0.0982. The lowest BCUT2D eigenvalue weighted by Gasteiger charge is -2.10. The number of hydrogen-bond donors (Lipinski definition) is 0. The highest BCUT2D eigenvalue weighted by atomic mass is 35.5. The van der Waals surface area contributed by atoms with E-state index in [1.54, 1.807) is 6.07 Å². The van der Waals surface area contributed by atoms with Crippen LogP contribution in [-0.4, -0.2) is 6.61 Å². The predicted molar refractivity (Wildman–Crippen MR) is 138 cm³/mol. The average Bonchev–Trinajstić information content (AvgIpc) is 2.86. The Morgan fingerprint density at radius 2 is 1.56 bits per heavy atom. The molecule has 4 aromatic carbocycles. The van der Waals surface area contributed by atoms with Gasteiger partial charge in [-0.05, 0) is 77.2 Å². The number of aryl methyl sites for hydroxylation is 2. The van der Waals surface area contributed by atoms with Crippen molar-refractivity contribution in [3.8, 4) is 16.9 Å². The van der Waals surface area contributed by atoms with E-state index in [2.05, 4.69) is 6.92 Å². The maximum Gasteiger partial charge on any atom is 0.142 e. The Hall–Kier alpha value is -2.91. The van der Waals surface area contributed by atoms with E-state index in [1.165, 1.54) is 31.4 Å². The molecule has 0 N–H and O–H groups in total. The van der Waals surface area contributed by atoms with Crippen LogP contribution in [0.3, 0.4) is 0 Å². The molecule has 4 aromatic rings. The second-order valence-corrected chi connectivity index (χ2v) is 9.06. The summed E-state index contributed by atoms with van der Waals surface area (Å²) in [5.41, 5.74) is 3.52. The first kappa shape index (κ1) is 24.2. The van der Waals surface area contributed by atoms with Crippen LogP contribution in [0.25, 0.3) is 21.9 Å². The van der Waals surface area contributed by atoms with Crippen molar-refractivity contribution in [2.75, 3.05) is 6.61 Å². The molecule has 0 unspecified atom stereocenters. The topological polar surface area (TPSA) is 9.23 Å². The van der Waals surface area contributed by atoms with Crippen LogP contribution < -0.4 is 4.74 Å². The SMILES string of the molecule is CCCCCCOc1ccc(-c2ccc3c(F)c(CCc4ccc(Cl)c(F)c4)ccc3c2)cc1. The molecule has 0 fully saturated rings. The molecule has 0 aliphatic heterocycles. The molecule has 176 valence electrons. The van der Waals surface area contributed by atoms with Crippen molar-refractivity contribution in [1.82, 2.24) is 0 Å². The van der Waals surface area contributed by atoms with Crippen molar-refractivity contribution in [2.24, 2.45) is 0 Å². The molecule has 4 rings (SSSR count). The summed E-state index contributed by atoms with van der Waals surface area (Å²) < 4.78 is 34.7. The van der Waals surface area contributed by atoms with E-state index in [1.807, 2.05) is 54.6 Å². The highest BCUT2D eigenvalue weighted by Gasteiger charge is 2.10. The number of unbranched alkanes of at least 4 members (excludes halogenated alkanes) is 3. The standard InChI is InChI=1S/C30H29ClF2O/c1-2-3-4-5-18-34-26-14-11-22(12-15-26)24-13-16-27-25(20-24)10-9-23(30(27)33)8-6-21-7-17-28(31)29(32)19-21/h7,9-17,19-20H,2-6,8,18H2,1H3. The van der Waals surface area contributed by atoms with Crippen molar-refractivity contribution in [3.63, 3.8) is 0 Å². The van der Waals surface area contributed by atoms with Crippen LogP contribution in [0.4, 0.5) is 8.78 Å².